The van der Waals surface area contributed by atoms with Crippen LogP contribution in [-0.2, 0) is 47.6 Å². The van der Waals surface area contributed by atoms with Gasteiger partial charge in [-0.1, -0.05) is 58.2 Å². The monoisotopic (exact) mass is 827 g/mol. The molecule has 0 spiro atoms. The zero-order chi connectivity index (χ0) is 43.2. The van der Waals surface area contributed by atoms with Gasteiger partial charge in [0.2, 0.25) is 5.78 Å². The van der Waals surface area contributed by atoms with Crippen molar-refractivity contribution in [1.82, 2.24) is 5.32 Å². The summed E-state index contributed by atoms with van der Waals surface area (Å²) in [5.74, 6) is -8.00. The number of rotatable bonds is 10. The number of ether oxygens (including phenoxy) is 6. The number of aliphatic hydroxyl groups is 3. The molecule has 1 amide bonds. The lowest BCUT2D eigenvalue weighted by Gasteiger charge is -2.67. The number of esters is 4. The van der Waals surface area contributed by atoms with E-state index in [2.05, 4.69) is 5.32 Å². The van der Waals surface area contributed by atoms with Crippen molar-refractivity contribution in [2.24, 2.45) is 28.6 Å². The van der Waals surface area contributed by atoms with Crippen molar-refractivity contribution in [2.45, 2.75) is 141 Å². The molecule has 16 nitrogen and oxygen atoms in total. The molecule has 0 radical (unpaired) electrons. The molecule has 0 aromatic heterocycles. The molecule has 16 heteroatoms. The van der Waals surface area contributed by atoms with Crippen molar-refractivity contribution in [3.05, 3.63) is 47.2 Å². The third-order valence-electron chi connectivity index (χ3n) is 13.7. The molecular formula is C43H57NO15. The molecule has 5 aliphatic rings. The molecule has 59 heavy (non-hydrogen) atoms. The summed E-state index contributed by atoms with van der Waals surface area (Å²) in [5.41, 5.74) is -7.70. The number of fused-ring (bicyclic) bond motifs is 5. The SMILES string of the molecule is CCOC(=O)N[C@@H](C1CCCCC1)[C@@H](O)C(=O)O[C@H]1C[C@@]2(O)[C@@H](OC(=O)c3ccccc3)[C@@H]3[C@]4(OC(C)=O)CO[C@@H]4C[C@H](O)[C@@]3(C)C(=O)C(OC(C)=O)=C(C1C)C2(C)C. The van der Waals surface area contributed by atoms with Gasteiger partial charge in [-0.05, 0) is 50.3 Å². The summed E-state index contributed by atoms with van der Waals surface area (Å²) in [4.78, 5) is 82.3. The first kappa shape index (κ1) is 44.2. The number of nitrogens with one attached hydrogen (secondary N) is 1. The number of alkyl carbamates (subject to hydrolysis) is 1. The molecule has 1 aromatic rings. The van der Waals surface area contributed by atoms with Crippen LogP contribution >= 0.6 is 0 Å². The van der Waals surface area contributed by atoms with Crippen LogP contribution in [0, 0.1) is 28.6 Å². The van der Waals surface area contributed by atoms with E-state index >= 15 is 4.79 Å². The maximum Gasteiger partial charge on any atom is 0.407 e. The zero-order valence-corrected chi connectivity index (χ0v) is 34.7. The molecule has 6 rings (SSSR count). The van der Waals surface area contributed by atoms with Crippen LogP contribution in [0.1, 0.15) is 104 Å². The van der Waals surface area contributed by atoms with Gasteiger partial charge in [-0.25, -0.2) is 14.4 Å². The maximum atomic E-state index is 15.4. The number of hydrogen-bond acceptors (Lipinski definition) is 15. The summed E-state index contributed by atoms with van der Waals surface area (Å²) in [7, 11) is 0. The molecule has 1 aromatic carbocycles. The van der Waals surface area contributed by atoms with E-state index in [1.165, 1.54) is 19.1 Å². The normalized spacial score (nSPS) is 34.8. The van der Waals surface area contributed by atoms with Crippen molar-refractivity contribution in [3.63, 3.8) is 0 Å². The predicted octanol–water partition coefficient (Wildman–Crippen LogP) is 3.46. The van der Waals surface area contributed by atoms with Crippen molar-refractivity contribution in [2.75, 3.05) is 13.2 Å². The highest BCUT2D eigenvalue weighted by Crippen LogP contribution is 2.65. The van der Waals surface area contributed by atoms with E-state index in [0.29, 0.717) is 12.8 Å². The fourth-order valence-corrected chi connectivity index (χ4v) is 10.6. The molecule has 1 saturated heterocycles. The first-order valence-electron chi connectivity index (χ1n) is 20.5. The van der Waals surface area contributed by atoms with E-state index < -0.39 is 118 Å². The van der Waals surface area contributed by atoms with Crippen LogP contribution < -0.4 is 5.32 Å². The first-order chi connectivity index (χ1) is 27.7. The quantitative estimate of drug-likeness (QED) is 0.196. The minimum Gasteiger partial charge on any atom is -0.460 e. The number of carbonyl (C=O) groups is 6. The Morgan fingerprint density at radius 3 is 2.22 bits per heavy atom. The van der Waals surface area contributed by atoms with Gasteiger partial charge in [-0.3, -0.25) is 14.4 Å². The standard InChI is InChI=1S/C43H57NO15/c1-8-54-39(52)44-31(25-15-11-9-12-16-25)32(48)38(51)57-27-20-43(53)36(58-37(50)26-17-13-10-14-18-26)34-41(7,28(47)19-29-42(34,21-55-29)59-24(4)46)35(49)33(56-23(3)45)30(22(27)2)40(43,5)6/h10,13-14,17-18,22,25,27-29,31-32,34,36,47-48,53H,8-9,11-12,15-16,19-21H2,1-7H3,(H,44,52)/t22?,27-,28-,29+,31-,32+,34-,36-,41+,42-,43+/m0/s1. The van der Waals surface area contributed by atoms with Crippen molar-refractivity contribution in [1.29, 1.82) is 0 Å². The average Bonchev–Trinajstić information content (AvgIpc) is 3.18. The molecule has 4 aliphatic carbocycles. The third-order valence-corrected chi connectivity index (χ3v) is 13.7. The minimum absolute atomic E-state index is 0.0216. The number of ketones is 1. The van der Waals surface area contributed by atoms with Gasteiger partial charge in [0.05, 0.1) is 42.3 Å². The summed E-state index contributed by atoms with van der Waals surface area (Å²) >= 11 is 0. The average molecular weight is 828 g/mol. The highest BCUT2D eigenvalue weighted by molar-refractivity contribution is 6.02. The van der Waals surface area contributed by atoms with Gasteiger partial charge in [0.15, 0.2) is 17.5 Å². The van der Waals surface area contributed by atoms with E-state index in [0.717, 1.165) is 33.1 Å². The van der Waals surface area contributed by atoms with Gasteiger partial charge < -0.3 is 49.1 Å². The number of amides is 1. The molecule has 1 heterocycles. The van der Waals surface area contributed by atoms with Crippen molar-refractivity contribution in [3.8, 4) is 0 Å². The third kappa shape index (κ3) is 7.54. The summed E-state index contributed by atoms with van der Waals surface area (Å²) in [6, 6.07) is 6.79. The summed E-state index contributed by atoms with van der Waals surface area (Å²) in [6.07, 6.45) is -5.34. The molecular weight excluding hydrogens is 770 g/mol. The predicted molar refractivity (Wildman–Crippen MR) is 205 cm³/mol. The second-order valence-electron chi connectivity index (χ2n) is 17.5. The maximum absolute atomic E-state index is 15.4. The number of Topliss-reactive ketones (excluding diaryl/α,β-unsaturated/α-hetero) is 1. The zero-order valence-electron chi connectivity index (χ0n) is 34.7. The van der Waals surface area contributed by atoms with E-state index in [9.17, 15) is 39.3 Å². The number of aliphatic hydroxyl groups excluding tert-OH is 2. The van der Waals surface area contributed by atoms with Gasteiger partial charge >= 0.3 is 30.0 Å². The summed E-state index contributed by atoms with van der Waals surface area (Å²) < 4.78 is 35.3. The number of carbonyl (C=O) groups excluding carboxylic acids is 6. The molecule has 4 N–H and O–H groups in total. The highest BCUT2D eigenvalue weighted by Gasteiger charge is 2.78. The second-order valence-corrected chi connectivity index (χ2v) is 17.5. The fraction of sp³-hybridized carbons (Fsp3) is 0.674. The molecule has 2 bridgehead atoms. The van der Waals surface area contributed by atoms with Crippen molar-refractivity contribution >= 4 is 35.8 Å². The van der Waals surface area contributed by atoms with E-state index in [1.54, 1.807) is 45.9 Å². The Morgan fingerprint density at radius 2 is 1.64 bits per heavy atom. The molecule has 3 saturated carbocycles. The van der Waals surface area contributed by atoms with E-state index in [1.807, 2.05) is 0 Å². The number of allylic oxidation sites excluding steroid dienone is 1. The van der Waals surface area contributed by atoms with Crippen molar-refractivity contribution < 1.29 is 72.5 Å². The highest BCUT2D eigenvalue weighted by atomic mass is 16.6. The van der Waals surface area contributed by atoms with E-state index in [4.69, 9.17) is 28.4 Å². The van der Waals surface area contributed by atoms with Crippen LogP contribution in [0.25, 0.3) is 0 Å². The van der Waals surface area contributed by atoms with Crippen LogP contribution in [0.2, 0.25) is 0 Å². The Bertz CT molecular complexity index is 1860. The summed E-state index contributed by atoms with van der Waals surface area (Å²) in [5, 5.41) is 39.9. The van der Waals surface area contributed by atoms with Gasteiger partial charge in [0.1, 0.15) is 23.9 Å². The minimum atomic E-state index is -2.36. The second kappa shape index (κ2) is 16.6. The Balaban J connectivity index is 1.54. The lowest BCUT2D eigenvalue weighted by Crippen LogP contribution is -2.81. The Morgan fingerprint density at radius 1 is 0.983 bits per heavy atom. The van der Waals surface area contributed by atoms with Crippen LogP contribution in [-0.4, -0.2) is 112 Å². The molecule has 1 unspecified atom stereocenters. The first-order valence-corrected chi connectivity index (χ1v) is 20.5. The molecule has 324 valence electrons. The lowest BCUT2D eigenvalue weighted by atomic mass is 9.45. The molecule has 11 atom stereocenters. The Kier molecular flexibility index (Phi) is 12.4. The smallest absolute Gasteiger partial charge is 0.407 e. The van der Waals surface area contributed by atoms with Gasteiger partial charge in [0, 0.05) is 38.0 Å². The Labute approximate surface area is 343 Å². The van der Waals surface area contributed by atoms with Gasteiger partial charge in [0.25, 0.3) is 0 Å². The molecule has 1 aliphatic heterocycles. The summed E-state index contributed by atoms with van der Waals surface area (Å²) in [6.45, 7) is 9.76. The number of hydrogen-bond donors (Lipinski definition) is 4. The van der Waals surface area contributed by atoms with Crippen LogP contribution in [0.15, 0.2) is 41.7 Å². The van der Waals surface area contributed by atoms with E-state index in [-0.39, 0.29) is 36.7 Å². The van der Waals surface area contributed by atoms with Gasteiger partial charge in [-0.15, -0.1) is 0 Å². The van der Waals surface area contributed by atoms with Crippen LogP contribution in [0.5, 0.6) is 0 Å². The topological polar surface area (TPSA) is 231 Å². The van der Waals surface area contributed by atoms with Crippen LogP contribution in [0.3, 0.4) is 0 Å². The lowest BCUT2D eigenvalue weighted by molar-refractivity contribution is -0.345. The molecule has 4 fully saturated rings. The largest absolute Gasteiger partial charge is 0.460 e. The van der Waals surface area contributed by atoms with Crippen LogP contribution in [0.4, 0.5) is 4.79 Å². The fourth-order valence-electron chi connectivity index (χ4n) is 10.6. The Hall–Kier alpha value is -4.38. The van der Waals surface area contributed by atoms with Gasteiger partial charge in [-0.2, -0.15) is 0 Å². The number of benzene rings is 1.